The number of hydrogen-bond donors (Lipinski definition) is 1. The number of carbonyl (C=O) groups is 1. The third kappa shape index (κ3) is 3.23. The standard InChI is InChI=1S/C16H20BrNO2/c1-16(2,3)11-6-8-18(9-7-11)12-4-5-13(15(19)20)14(17)10-12/h4-6,10H,7-9H2,1-3H3,(H,19,20). The second-order valence-corrected chi connectivity index (χ2v) is 7.00. The highest BCUT2D eigenvalue weighted by molar-refractivity contribution is 9.10. The Morgan fingerprint density at radius 1 is 1.35 bits per heavy atom. The van der Waals surface area contributed by atoms with Crippen LogP contribution in [-0.2, 0) is 0 Å². The van der Waals surface area contributed by atoms with Crippen molar-refractivity contribution in [2.24, 2.45) is 5.41 Å². The van der Waals surface area contributed by atoms with Gasteiger partial charge in [0.1, 0.15) is 0 Å². The van der Waals surface area contributed by atoms with Crippen molar-refractivity contribution in [2.75, 3.05) is 18.0 Å². The molecule has 0 spiro atoms. The molecule has 1 aliphatic rings. The highest BCUT2D eigenvalue weighted by atomic mass is 79.9. The van der Waals surface area contributed by atoms with Gasteiger partial charge in [-0.3, -0.25) is 0 Å². The minimum Gasteiger partial charge on any atom is -0.478 e. The number of anilines is 1. The molecule has 1 aliphatic heterocycles. The first-order valence-corrected chi connectivity index (χ1v) is 7.55. The summed E-state index contributed by atoms with van der Waals surface area (Å²) in [5.41, 5.74) is 3.09. The quantitative estimate of drug-likeness (QED) is 0.816. The van der Waals surface area contributed by atoms with Gasteiger partial charge in [0.2, 0.25) is 0 Å². The van der Waals surface area contributed by atoms with E-state index >= 15 is 0 Å². The summed E-state index contributed by atoms with van der Waals surface area (Å²) < 4.78 is 0.632. The van der Waals surface area contributed by atoms with Gasteiger partial charge in [-0.15, -0.1) is 0 Å². The summed E-state index contributed by atoms with van der Waals surface area (Å²) in [6.45, 7) is 8.58. The minimum atomic E-state index is -0.906. The number of hydrogen-bond acceptors (Lipinski definition) is 2. The number of rotatable bonds is 2. The maximum atomic E-state index is 11.0. The fourth-order valence-electron chi connectivity index (χ4n) is 2.46. The molecule has 4 heteroatoms. The van der Waals surface area contributed by atoms with E-state index in [1.54, 1.807) is 6.07 Å². The SMILES string of the molecule is CC(C)(C)C1=CCN(c2ccc(C(=O)O)c(Br)c2)CC1. The van der Waals surface area contributed by atoms with Crippen molar-refractivity contribution >= 4 is 27.6 Å². The molecule has 0 unspecified atom stereocenters. The molecular weight excluding hydrogens is 318 g/mol. The van der Waals surface area contributed by atoms with E-state index in [2.05, 4.69) is 47.7 Å². The van der Waals surface area contributed by atoms with Gasteiger partial charge in [-0.2, -0.15) is 0 Å². The monoisotopic (exact) mass is 337 g/mol. The van der Waals surface area contributed by atoms with Gasteiger partial charge in [-0.05, 0) is 46.0 Å². The van der Waals surface area contributed by atoms with Crippen LogP contribution in [0.3, 0.4) is 0 Å². The van der Waals surface area contributed by atoms with E-state index in [0.29, 0.717) is 10.0 Å². The van der Waals surface area contributed by atoms with Gasteiger partial charge in [0.05, 0.1) is 5.56 Å². The summed E-state index contributed by atoms with van der Waals surface area (Å²) in [5.74, 6) is -0.906. The first kappa shape index (κ1) is 15.1. The zero-order valence-corrected chi connectivity index (χ0v) is 13.7. The fraction of sp³-hybridized carbons (Fsp3) is 0.438. The Hall–Kier alpha value is -1.29. The van der Waals surface area contributed by atoms with E-state index in [-0.39, 0.29) is 5.41 Å². The lowest BCUT2D eigenvalue weighted by molar-refractivity contribution is 0.0696. The van der Waals surface area contributed by atoms with Gasteiger partial charge in [0.25, 0.3) is 0 Å². The third-order valence-electron chi connectivity index (χ3n) is 3.72. The molecule has 0 bridgehead atoms. The zero-order chi connectivity index (χ0) is 14.9. The van der Waals surface area contributed by atoms with Gasteiger partial charge >= 0.3 is 5.97 Å². The predicted octanol–water partition coefficient (Wildman–Crippen LogP) is 4.33. The van der Waals surface area contributed by atoms with E-state index in [1.165, 1.54) is 5.57 Å². The Kier molecular flexibility index (Phi) is 4.23. The molecule has 3 nitrogen and oxygen atoms in total. The lowest BCUT2D eigenvalue weighted by atomic mass is 9.83. The van der Waals surface area contributed by atoms with E-state index in [1.807, 2.05) is 12.1 Å². The summed E-state index contributed by atoms with van der Waals surface area (Å²) in [5, 5.41) is 9.04. The molecule has 1 heterocycles. The summed E-state index contributed by atoms with van der Waals surface area (Å²) in [4.78, 5) is 13.3. The van der Waals surface area contributed by atoms with Crippen LogP contribution >= 0.6 is 15.9 Å². The molecule has 0 saturated carbocycles. The van der Waals surface area contributed by atoms with Crippen LogP contribution in [-0.4, -0.2) is 24.2 Å². The maximum Gasteiger partial charge on any atom is 0.336 e. The molecule has 2 rings (SSSR count). The second kappa shape index (κ2) is 5.60. The highest BCUT2D eigenvalue weighted by Crippen LogP contribution is 2.32. The number of nitrogens with zero attached hydrogens (tertiary/aromatic N) is 1. The van der Waals surface area contributed by atoms with Gasteiger partial charge in [0, 0.05) is 23.2 Å². The van der Waals surface area contributed by atoms with E-state index < -0.39 is 5.97 Å². The van der Waals surface area contributed by atoms with Crippen LogP contribution in [0.5, 0.6) is 0 Å². The molecular formula is C16H20BrNO2. The topological polar surface area (TPSA) is 40.5 Å². The Morgan fingerprint density at radius 3 is 2.50 bits per heavy atom. The average molecular weight is 338 g/mol. The van der Waals surface area contributed by atoms with E-state index in [4.69, 9.17) is 5.11 Å². The van der Waals surface area contributed by atoms with Crippen molar-refractivity contribution in [3.05, 3.63) is 39.9 Å². The summed E-state index contributed by atoms with van der Waals surface area (Å²) >= 11 is 3.34. The van der Waals surface area contributed by atoms with Crippen LogP contribution in [0.25, 0.3) is 0 Å². The van der Waals surface area contributed by atoms with Crippen LogP contribution in [0, 0.1) is 5.41 Å². The summed E-state index contributed by atoms with van der Waals surface area (Å²) in [7, 11) is 0. The first-order chi connectivity index (χ1) is 9.29. The molecule has 1 aromatic carbocycles. The van der Waals surface area contributed by atoms with Crippen LogP contribution in [0.1, 0.15) is 37.6 Å². The molecule has 108 valence electrons. The Morgan fingerprint density at radius 2 is 2.05 bits per heavy atom. The van der Waals surface area contributed by atoms with Crippen molar-refractivity contribution < 1.29 is 9.90 Å². The van der Waals surface area contributed by atoms with Crippen molar-refractivity contribution in [3.63, 3.8) is 0 Å². The van der Waals surface area contributed by atoms with Crippen molar-refractivity contribution in [2.45, 2.75) is 27.2 Å². The Balaban J connectivity index is 2.17. The van der Waals surface area contributed by atoms with Gasteiger partial charge in [-0.1, -0.05) is 32.4 Å². The molecule has 0 atom stereocenters. The molecule has 0 radical (unpaired) electrons. The number of carboxylic acids is 1. The average Bonchev–Trinajstić information content (AvgIpc) is 2.37. The molecule has 1 N–H and O–H groups in total. The number of halogens is 1. The van der Waals surface area contributed by atoms with Crippen LogP contribution in [0.4, 0.5) is 5.69 Å². The Bertz CT molecular complexity index is 558. The van der Waals surface area contributed by atoms with Crippen LogP contribution in [0.2, 0.25) is 0 Å². The van der Waals surface area contributed by atoms with E-state index in [0.717, 1.165) is 25.2 Å². The van der Waals surface area contributed by atoms with Crippen LogP contribution in [0.15, 0.2) is 34.3 Å². The smallest absolute Gasteiger partial charge is 0.336 e. The van der Waals surface area contributed by atoms with Crippen molar-refractivity contribution in [3.8, 4) is 0 Å². The largest absolute Gasteiger partial charge is 0.478 e. The highest BCUT2D eigenvalue weighted by Gasteiger charge is 2.21. The molecule has 0 fully saturated rings. The summed E-state index contributed by atoms with van der Waals surface area (Å²) in [6.07, 6.45) is 3.35. The van der Waals surface area contributed by atoms with Crippen LogP contribution < -0.4 is 4.90 Å². The molecule has 20 heavy (non-hydrogen) atoms. The maximum absolute atomic E-state index is 11.0. The molecule has 0 amide bonds. The number of carboxylic acid groups (broad SMARTS) is 1. The first-order valence-electron chi connectivity index (χ1n) is 6.76. The fourth-order valence-corrected chi connectivity index (χ4v) is 3.00. The van der Waals surface area contributed by atoms with Gasteiger partial charge in [0.15, 0.2) is 0 Å². The van der Waals surface area contributed by atoms with Crippen molar-refractivity contribution in [1.82, 2.24) is 0 Å². The normalized spacial score (nSPS) is 16.0. The zero-order valence-electron chi connectivity index (χ0n) is 12.1. The lowest BCUT2D eigenvalue weighted by Crippen LogP contribution is -2.31. The van der Waals surface area contributed by atoms with E-state index in [9.17, 15) is 4.79 Å². The molecule has 0 aromatic heterocycles. The molecule has 0 saturated heterocycles. The number of benzene rings is 1. The lowest BCUT2D eigenvalue weighted by Gasteiger charge is -2.33. The predicted molar refractivity (Wildman–Crippen MR) is 85.5 cm³/mol. The van der Waals surface area contributed by atoms with Gasteiger partial charge in [-0.25, -0.2) is 4.79 Å². The van der Waals surface area contributed by atoms with Gasteiger partial charge < -0.3 is 10.0 Å². The molecule has 1 aromatic rings. The number of aromatic carboxylic acids is 1. The summed E-state index contributed by atoms with van der Waals surface area (Å²) in [6, 6.07) is 5.42. The molecule has 0 aliphatic carbocycles. The second-order valence-electron chi connectivity index (χ2n) is 6.14. The van der Waals surface area contributed by atoms with Crippen molar-refractivity contribution in [1.29, 1.82) is 0 Å². The third-order valence-corrected chi connectivity index (χ3v) is 4.38. The Labute approximate surface area is 128 Å². The minimum absolute atomic E-state index is 0.236.